The topological polar surface area (TPSA) is 37.4 Å². The highest BCUT2D eigenvalue weighted by atomic mass is 35.5. The zero-order valence-corrected chi connectivity index (χ0v) is 10.00. The number of hydrogen-bond donors (Lipinski definition) is 0. The summed E-state index contributed by atoms with van der Waals surface area (Å²) in [5, 5.41) is -0.291. The molecule has 0 spiro atoms. The quantitative estimate of drug-likeness (QED) is 0.464. The minimum absolute atomic E-state index is 0.500. The normalized spacial score (nSPS) is 10.4. The van der Waals surface area contributed by atoms with Crippen LogP contribution in [0.25, 0.3) is 6.08 Å². The Morgan fingerprint density at radius 3 is 2.50 bits per heavy atom. The molecule has 1 aromatic carbocycles. The predicted octanol–water partition coefficient (Wildman–Crippen LogP) is 3.17. The van der Waals surface area contributed by atoms with Crippen molar-refractivity contribution < 1.29 is 9.59 Å². The van der Waals surface area contributed by atoms with Gasteiger partial charge in [-0.05, 0) is 29.3 Å². The van der Waals surface area contributed by atoms with Crippen LogP contribution in [0.15, 0.2) is 30.3 Å². The Labute approximate surface area is 103 Å². The molecule has 0 aliphatic carbocycles. The summed E-state index contributed by atoms with van der Waals surface area (Å²) in [6.07, 6.45) is 2.77. The Morgan fingerprint density at radius 1 is 1.31 bits per heavy atom. The lowest BCUT2D eigenvalue weighted by Gasteiger charge is -2.07. The van der Waals surface area contributed by atoms with Crippen molar-refractivity contribution in [1.29, 1.82) is 0 Å². The molecule has 0 saturated heterocycles. The van der Waals surface area contributed by atoms with Crippen LogP contribution < -0.4 is 0 Å². The van der Waals surface area contributed by atoms with Crippen LogP contribution in [0, 0.1) is 0 Å². The maximum atomic E-state index is 11.4. The van der Waals surface area contributed by atoms with Crippen LogP contribution in [0.3, 0.4) is 0 Å². The van der Waals surface area contributed by atoms with Gasteiger partial charge in [0, 0.05) is 18.1 Å². The van der Waals surface area contributed by atoms with Crippen LogP contribution in [0.4, 0.5) is 4.79 Å². The molecule has 1 rings (SSSR count). The van der Waals surface area contributed by atoms with E-state index in [1.165, 1.54) is 19.2 Å². The molecular formula is C11H9Cl2NO2. The average Bonchev–Trinajstić information content (AvgIpc) is 2.26. The number of nitrogens with zero attached hydrogens (tertiary/aromatic N) is 1. The molecule has 0 unspecified atom stereocenters. The van der Waals surface area contributed by atoms with Gasteiger partial charge in [0.05, 0.1) is 0 Å². The van der Waals surface area contributed by atoms with Crippen LogP contribution in [0.1, 0.15) is 5.56 Å². The van der Waals surface area contributed by atoms with E-state index in [0.29, 0.717) is 10.6 Å². The first-order valence-corrected chi connectivity index (χ1v) is 5.17. The van der Waals surface area contributed by atoms with Crippen LogP contribution in [0.5, 0.6) is 0 Å². The summed E-state index contributed by atoms with van der Waals surface area (Å²) in [5.41, 5.74) is 0.702. The minimum atomic E-state index is -0.825. The molecule has 3 nitrogen and oxygen atoms in total. The molecule has 84 valence electrons. The molecular weight excluding hydrogens is 249 g/mol. The molecule has 0 atom stereocenters. The lowest BCUT2D eigenvalue weighted by atomic mass is 10.2. The number of benzene rings is 1. The van der Waals surface area contributed by atoms with Crippen LogP contribution in [-0.2, 0) is 4.79 Å². The van der Waals surface area contributed by atoms with Gasteiger partial charge in [0.15, 0.2) is 0 Å². The van der Waals surface area contributed by atoms with Gasteiger partial charge in [-0.25, -0.2) is 0 Å². The van der Waals surface area contributed by atoms with E-state index in [2.05, 4.69) is 0 Å². The van der Waals surface area contributed by atoms with E-state index in [1.54, 1.807) is 24.3 Å². The van der Waals surface area contributed by atoms with E-state index < -0.39 is 11.3 Å². The zero-order valence-electron chi connectivity index (χ0n) is 8.48. The fourth-order valence-corrected chi connectivity index (χ4v) is 1.25. The Balaban J connectivity index is 2.79. The monoisotopic (exact) mass is 257 g/mol. The second-order valence-corrected chi connectivity index (χ2v) is 3.74. The first-order chi connectivity index (χ1) is 7.52. The molecule has 0 fully saturated rings. The summed E-state index contributed by atoms with van der Waals surface area (Å²) in [7, 11) is 1.30. The Bertz CT molecular complexity index is 443. The molecule has 0 bridgehead atoms. The van der Waals surface area contributed by atoms with Crippen molar-refractivity contribution in [2.24, 2.45) is 0 Å². The fourth-order valence-electron chi connectivity index (χ4n) is 0.970. The van der Waals surface area contributed by atoms with Crippen molar-refractivity contribution in [2.75, 3.05) is 7.05 Å². The van der Waals surface area contributed by atoms with E-state index >= 15 is 0 Å². The second-order valence-electron chi connectivity index (χ2n) is 3.01. The van der Waals surface area contributed by atoms with E-state index in [9.17, 15) is 9.59 Å². The first kappa shape index (κ1) is 12.7. The number of hydrogen-bond acceptors (Lipinski definition) is 2. The molecule has 1 aromatic rings. The largest absolute Gasteiger partial charge is 0.323 e. The van der Waals surface area contributed by atoms with Gasteiger partial charge < -0.3 is 0 Å². The summed E-state index contributed by atoms with van der Waals surface area (Å²) in [4.78, 5) is 22.8. The van der Waals surface area contributed by atoms with Crippen LogP contribution in [-0.4, -0.2) is 23.2 Å². The molecule has 2 amide bonds. The Kier molecular flexibility index (Phi) is 4.52. The van der Waals surface area contributed by atoms with Gasteiger partial charge in [-0.3, -0.25) is 14.5 Å². The second kappa shape index (κ2) is 5.68. The summed E-state index contributed by atoms with van der Waals surface area (Å²) < 4.78 is 0. The van der Waals surface area contributed by atoms with Crippen LogP contribution in [0.2, 0.25) is 5.02 Å². The zero-order chi connectivity index (χ0) is 12.1. The first-order valence-electron chi connectivity index (χ1n) is 4.42. The van der Waals surface area contributed by atoms with E-state index in [0.717, 1.165) is 4.90 Å². The molecule has 16 heavy (non-hydrogen) atoms. The van der Waals surface area contributed by atoms with Crippen molar-refractivity contribution in [3.63, 3.8) is 0 Å². The van der Waals surface area contributed by atoms with Crippen LogP contribution >= 0.6 is 23.2 Å². The summed E-state index contributed by atoms with van der Waals surface area (Å²) in [5.74, 6) is -0.500. The number of carbonyl (C=O) groups is 2. The molecule has 0 aromatic heterocycles. The third kappa shape index (κ3) is 3.36. The molecule has 5 heteroatoms. The molecule has 0 aliphatic rings. The lowest BCUT2D eigenvalue weighted by Crippen LogP contribution is -2.26. The summed E-state index contributed by atoms with van der Waals surface area (Å²) in [6.45, 7) is 0. The molecule has 0 N–H and O–H groups in total. The van der Waals surface area contributed by atoms with Crippen molar-refractivity contribution in [3.8, 4) is 0 Å². The highest BCUT2D eigenvalue weighted by molar-refractivity contribution is 6.64. The third-order valence-electron chi connectivity index (χ3n) is 1.90. The van der Waals surface area contributed by atoms with Crippen molar-refractivity contribution >= 4 is 40.6 Å². The third-order valence-corrected chi connectivity index (χ3v) is 2.50. The van der Waals surface area contributed by atoms with Crippen molar-refractivity contribution in [3.05, 3.63) is 40.9 Å². The SMILES string of the molecule is CN(C(=O)Cl)C(=O)C=Cc1ccccc1Cl. The molecule has 0 radical (unpaired) electrons. The van der Waals surface area contributed by atoms with E-state index in [1.807, 2.05) is 0 Å². The number of rotatable bonds is 2. The standard InChI is InChI=1S/C11H9Cl2NO2/c1-14(11(13)16)10(15)7-6-8-4-2-3-5-9(8)12/h2-7H,1H3. The van der Waals surface area contributed by atoms with Crippen molar-refractivity contribution in [1.82, 2.24) is 4.90 Å². The number of likely N-dealkylation sites (N-methyl/N-ethyl adjacent to an activating group) is 1. The lowest BCUT2D eigenvalue weighted by molar-refractivity contribution is -0.121. The Hall–Kier alpha value is -1.32. The maximum Gasteiger partial charge on any atom is 0.323 e. The highest BCUT2D eigenvalue weighted by Gasteiger charge is 2.10. The molecule has 0 aliphatic heterocycles. The number of carbonyl (C=O) groups excluding carboxylic acids is 2. The minimum Gasteiger partial charge on any atom is -0.269 e. The van der Waals surface area contributed by atoms with Gasteiger partial charge in [-0.2, -0.15) is 0 Å². The number of halogens is 2. The van der Waals surface area contributed by atoms with E-state index in [-0.39, 0.29) is 0 Å². The highest BCUT2D eigenvalue weighted by Crippen LogP contribution is 2.16. The Morgan fingerprint density at radius 2 is 1.94 bits per heavy atom. The van der Waals surface area contributed by atoms with Gasteiger partial charge in [-0.1, -0.05) is 29.8 Å². The smallest absolute Gasteiger partial charge is 0.269 e. The van der Waals surface area contributed by atoms with Gasteiger partial charge in [0.25, 0.3) is 5.91 Å². The van der Waals surface area contributed by atoms with Gasteiger partial charge >= 0.3 is 5.37 Å². The predicted molar refractivity (Wildman–Crippen MR) is 64.5 cm³/mol. The van der Waals surface area contributed by atoms with Gasteiger partial charge in [0.1, 0.15) is 0 Å². The number of imide groups is 1. The van der Waals surface area contributed by atoms with Gasteiger partial charge in [0.2, 0.25) is 0 Å². The summed E-state index contributed by atoms with van der Waals surface area (Å²) >= 11 is 11.0. The fraction of sp³-hybridized carbons (Fsp3) is 0.0909. The van der Waals surface area contributed by atoms with Gasteiger partial charge in [-0.15, -0.1) is 0 Å². The average molecular weight is 258 g/mol. The number of amides is 2. The molecule has 0 saturated carbocycles. The maximum absolute atomic E-state index is 11.4. The summed E-state index contributed by atoms with van der Waals surface area (Å²) in [6, 6.07) is 7.05. The van der Waals surface area contributed by atoms with Crippen molar-refractivity contribution in [2.45, 2.75) is 0 Å². The van der Waals surface area contributed by atoms with E-state index in [4.69, 9.17) is 23.2 Å². The molecule has 0 heterocycles.